The topological polar surface area (TPSA) is 47.6 Å². The summed E-state index contributed by atoms with van der Waals surface area (Å²) < 4.78 is 10.3. The van der Waals surface area contributed by atoms with E-state index in [4.69, 9.17) is 9.47 Å². The zero-order valence-corrected chi connectivity index (χ0v) is 12.4. The molecule has 21 heavy (non-hydrogen) atoms. The van der Waals surface area contributed by atoms with Crippen LogP contribution in [0, 0.1) is 0 Å². The second-order valence-electron chi connectivity index (χ2n) is 4.67. The summed E-state index contributed by atoms with van der Waals surface area (Å²) in [4.78, 5) is 12.3. The Hall–Kier alpha value is -2.49. The first-order chi connectivity index (χ1) is 10.2. The molecule has 1 atom stereocenters. The molecule has 0 radical (unpaired) electrons. The molecule has 0 saturated heterocycles. The van der Waals surface area contributed by atoms with E-state index >= 15 is 0 Å². The average molecular weight is 285 g/mol. The highest BCUT2D eigenvalue weighted by Crippen LogP contribution is 2.20. The molecule has 2 aromatic carbocycles. The Kier molecular flexibility index (Phi) is 4.82. The Morgan fingerprint density at radius 2 is 1.67 bits per heavy atom. The van der Waals surface area contributed by atoms with Crippen LogP contribution in [0.25, 0.3) is 0 Å². The fourth-order valence-corrected chi connectivity index (χ4v) is 2.08. The summed E-state index contributed by atoms with van der Waals surface area (Å²) in [5.41, 5.74) is 1.54. The van der Waals surface area contributed by atoms with Gasteiger partial charge in [0, 0.05) is 0 Å². The number of para-hydroxylation sites is 1. The minimum absolute atomic E-state index is 0.103. The largest absolute Gasteiger partial charge is 0.497 e. The first kappa shape index (κ1) is 14.9. The lowest BCUT2D eigenvalue weighted by molar-refractivity contribution is 0.0937. The molecule has 0 bridgehead atoms. The second-order valence-corrected chi connectivity index (χ2v) is 4.67. The third-order valence-electron chi connectivity index (χ3n) is 3.32. The normalized spacial score (nSPS) is 11.6. The molecule has 1 unspecified atom stereocenters. The van der Waals surface area contributed by atoms with Crippen molar-refractivity contribution in [3.63, 3.8) is 0 Å². The molecule has 0 saturated carbocycles. The lowest BCUT2D eigenvalue weighted by Gasteiger charge is -2.16. The van der Waals surface area contributed by atoms with Crippen LogP contribution in [0.2, 0.25) is 0 Å². The third kappa shape index (κ3) is 3.54. The monoisotopic (exact) mass is 285 g/mol. The zero-order chi connectivity index (χ0) is 15.2. The van der Waals surface area contributed by atoms with Crippen LogP contribution < -0.4 is 14.8 Å². The van der Waals surface area contributed by atoms with Crippen molar-refractivity contribution in [1.82, 2.24) is 5.32 Å². The molecule has 2 rings (SSSR count). The maximum absolute atomic E-state index is 12.3. The van der Waals surface area contributed by atoms with Gasteiger partial charge in [0.1, 0.15) is 11.5 Å². The lowest BCUT2D eigenvalue weighted by Crippen LogP contribution is -2.27. The van der Waals surface area contributed by atoms with Crippen molar-refractivity contribution in [2.75, 3.05) is 14.2 Å². The standard InChI is InChI=1S/C17H19NO3/c1-12(13-8-10-14(20-2)11-9-13)18-17(19)15-6-4-5-7-16(15)21-3/h4-12H,1-3H3,(H,18,19). The summed E-state index contributed by atoms with van der Waals surface area (Å²) in [6.45, 7) is 1.94. The summed E-state index contributed by atoms with van der Waals surface area (Å²) in [5, 5.41) is 2.96. The van der Waals surface area contributed by atoms with E-state index in [1.54, 1.807) is 26.4 Å². The zero-order valence-electron chi connectivity index (χ0n) is 12.4. The molecule has 4 heteroatoms. The predicted molar refractivity (Wildman–Crippen MR) is 81.9 cm³/mol. The van der Waals surface area contributed by atoms with E-state index in [1.807, 2.05) is 43.3 Å². The highest BCUT2D eigenvalue weighted by Gasteiger charge is 2.14. The van der Waals surface area contributed by atoms with Gasteiger partial charge in [-0.2, -0.15) is 0 Å². The fourth-order valence-electron chi connectivity index (χ4n) is 2.08. The molecule has 1 amide bonds. The van der Waals surface area contributed by atoms with Gasteiger partial charge >= 0.3 is 0 Å². The van der Waals surface area contributed by atoms with E-state index < -0.39 is 0 Å². The smallest absolute Gasteiger partial charge is 0.255 e. The van der Waals surface area contributed by atoms with Gasteiger partial charge in [0.25, 0.3) is 5.91 Å². The predicted octanol–water partition coefficient (Wildman–Crippen LogP) is 3.19. The molecule has 0 aliphatic heterocycles. The average Bonchev–Trinajstić information content (AvgIpc) is 2.54. The fraction of sp³-hybridized carbons (Fsp3) is 0.235. The van der Waals surface area contributed by atoms with Crippen molar-refractivity contribution in [1.29, 1.82) is 0 Å². The number of nitrogens with one attached hydrogen (secondary N) is 1. The van der Waals surface area contributed by atoms with Crippen molar-refractivity contribution in [2.24, 2.45) is 0 Å². The maximum Gasteiger partial charge on any atom is 0.255 e. The number of methoxy groups -OCH3 is 2. The summed E-state index contributed by atoms with van der Waals surface area (Å²) in [7, 11) is 3.18. The number of ether oxygens (including phenoxy) is 2. The SMILES string of the molecule is COc1ccc(C(C)NC(=O)c2ccccc2OC)cc1. The molecular formula is C17H19NO3. The molecular weight excluding hydrogens is 266 g/mol. The molecule has 0 heterocycles. The van der Waals surface area contributed by atoms with Crippen LogP contribution >= 0.6 is 0 Å². The van der Waals surface area contributed by atoms with E-state index in [2.05, 4.69) is 5.32 Å². The van der Waals surface area contributed by atoms with Crippen LogP contribution in [0.1, 0.15) is 28.9 Å². The number of carbonyl (C=O) groups excluding carboxylic acids is 1. The van der Waals surface area contributed by atoms with Gasteiger partial charge in [-0.3, -0.25) is 4.79 Å². The Bertz CT molecular complexity index is 608. The molecule has 1 N–H and O–H groups in total. The van der Waals surface area contributed by atoms with Crippen LogP contribution in [0.5, 0.6) is 11.5 Å². The van der Waals surface area contributed by atoms with Gasteiger partial charge in [0.15, 0.2) is 0 Å². The summed E-state index contributed by atoms with van der Waals surface area (Å²) in [5.74, 6) is 1.20. The van der Waals surface area contributed by atoms with Crippen molar-refractivity contribution in [2.45, 2.75) is 13.0 Å². The second kappa shape index (κ2) is 6.79. The van der Waals surface area contributed by atoms with E-state index in [1.165, 1.54) is 0 Å². The van der Waals surface area contributed by atoms with Gasteiger partial charge in [0.2, 0.25) is 0 Å². The van der Waals surface area contributed by atoms with Gasteiger partial charge in [-0.05, 0) is 36.8 Å². The van der Waals surface area contributed by atoms with Crippen LogP contribution in [-0.2, 0) is 0 Å². The van der Waals surface area contributed by atoms with Gasteiger partial charge in [0.05, 0.1) is 25.8 Å². The molecule has 4 nitrogen and oxygen atoms in total. The Balaban J connectivity index is 2.11. The Morgan fingerprint density at radius 1 is 1.00 bits per heavy atom. The minimum atomic E-state index is -0.157. The molecule has 0 aliphatic rings. The number of rotatable bonds is 5. The first-order valence-corrected chi connectivity index (χ1v) is 6.73. The van der Waals surface area contributed by atoms with E-state index in [9.17, 15) is 4.79 Å². The minimum Gasteiger partial charge on any atom is -0.497 e. The number of benzene rings is 2. The van der Waals surface area contributed by atoms with Crippen LogP contribution in [-0.4, -0.2) is 20.1 Å². The number of hydrogen-bond acceptors (Lipinski definition) is 3. The number of hydrogen-bond donors (Lipinski definition) is 1. The first-order valence-electron chi connectivity index (χ1n) is 6.73. The van der Waals surface area contributed by atoms with Crippen LogP contribution in [0.3, 0.4) is 0 Å². The molecule has 0 aliphatic carbocycles. The molecule has 110 valence electrons. The number of amides is 1. The maximum atomic E-state index is 12.3. The van der Waals surface area contributed by atoms with Crippen molar-refractivity contribution in [3.05, 3.63) is 59.7 Å². The van der Waals surface area contributed by atoms with Crippen molar-refractivity contribution < 1.29 is 14.3 Å². The van der Waals surface area contributed by atoms with E-state index in [0.717, 1.165) is 11.3 Å². The Labute approximate surface area is 124 Å². The van der Waals surface area contributed by atoms with Crippen LogP contribution in [0.4, 0.5) is 0 Å². The van der Waals surface area contributed by atoms with E-state index in [0.29, 0.717) is 11.3 Å². The summed E-state index contributed by atoms with van der Waals surface area (Å²) in [6.07, 6.45) is 0. The van der Waals surface area contributed by atoms with E-state index in [-0.39, 0.29) is 11.9 Å². The molecule has 0 fully saturated rings. The quantitative estimate of drug-likeness (QED) is 0.917. The Morgan fingerprint density at radius 3 is 2.29 bits per heavy atom. The van der Waals surface area contributed by atoms with Gasteiger partial charge in [-0.15, -0.1) is 0 Å². The summed E-state index contributed by atoms with van der Waals surface area (Å²) >= 11 is 0. The van der Waals surface area contributed by atoms with Gasteiger partial charge < -0.3 is 14.8 Å². The molecule has 0 spiro atoms. The highest BCUT2D eigenvalue weighted by atomic mass is 16.5. The molecule has 2 aromatic rings. The van der Waals surface area contributed by atoms with Crippen molar-refractivity contribution in [3.8, 4) is 11.5 Å². The summed E-state index contributed by atoms with van der Waals surface area (Å²) in [6, 6.07) is 14.7. The third-order valence-corrected chi connectivity index (χ3v) is 3.32. The lowest BCUT2D eigenvalue weighted by atomic mass is 10.1. The molecule has 0 aromatic heterocycles. The van der Waals surface area contributed by atoms with Crippen molar-refractivity contribution >= 4 is 5.91 Å². The van der Waals surface area contributed by atoms with Crippen LogP contribution in [0.15, 0.2) is 48.5 Å². The number of carbonyl (C=O) groups is 1. The van der Waals surface area contributed by atoms with Gasteiger partial charge in [-0.1, -0.05) is 24.3 Å². The highest BCUT2D eigenvalue weighted by molar-refractivity contribution is 5.97. The van der Waals surface area contributed by atoms with Gasteiger partial charge in [-0.25, -0.2) is 0 Å².